The van der Waals surface area contributed by atoms with Gasteiger partial charge in [0.25, 0.3) is 0 Å². The Kier molecular flexibility index (Phi) is 6.51. The van der Waals surface area contributed by atoms with Crippen LogP contribution in [0.3, 0.4) is 0 Å². The van der Waals surface area contributed by atoms with E-state index in [4.69, 9.17) is 14.2 Å². The van der Waals surface area contributed by atoms with Gasteiger partial charge >= 0.3 is 5.97 Å². The van der Waals surface area contributed by atoms with Gasteiger partial charge in [0.15, 0.2) is 11.5 Å². The van der Waals surface area contributed by atoms with Gasteiger partial charge in [0.05, 0.1) is 27.4 Å². The zero-order chi connectivity index (χ0) is 22.7. The summed E-state index contributed by atoms with van der Waals surface area (Å²) in [7, 11) is 4.76. The SMILES string of the molecule is COc1cc(C(c2cccc3ccccc23)N2CCCCC2C(=O)O)cc(OC)c1OC. The predicted octanol–water partition coefficient (Wildman–Crippen LogP) is 4.89. The first-order valence-corrected chi connectivity index (χ1v) is 10.8. The topological polar surface area (TPSA) is 68.2 Å². The van der Waals surface area contributed by atoms with E-state index in [-0.39, 0.29) is 6.04 Å². The van der Waals surface area contributed by atoms with Crippen molar-refractivity contribution in [2.45, 2.75) is 31.3 Å². The third-order valence-electron chi connectivity index (χ3n) is 6.28. The molecule has 4 rings (SSSR count). The molecule has 2 unspecified atom stereocenters. The van der Waals surface area contributed by atoms with Gasteiger partial charge in [-0.05, 0) is 53.4 Å². The molecule has 0 aliphatic carbocycles. The van der Waals surface area contributed by atoms with E-state index < -0.39 is 12.0 Å². The molecule has 6 heteroatoms. The number of rotatable bonds is 7. The van der Waals surface area contributed by atoms with E-state index in [9.17, 15) is 9.90 Å². The summed E-state index contributed by atoms with van der Waals surface area (Å²) in [6.45, 7) is 0.696. The first-order valence-electron chi connectivity index (χ1n) is 10.8. The van der Waals surface area contributed by atoms with Crippen molar-refractivity contribution in [1.29, 1.82) is 0 Å². The Bertz CT molecular complexity index is 1080. The van der Waals surface area contributed by atoms with Crippen LogP contribution in [0.4, 0.5) is 0 Å². The fourth-order valence-electron chi connectivity index (χ4n) is 4.83. The van der Waals surface area contributed by atoms with Gasteiger partial charge in [0, 0.05) is 0 Å². The molecule has 32 heavy (non-hydrogen) atoms. The average molecular weight is 436 g/mol. The van der Waals surface area contributed by atoms with E-state index in [1.54, 1.807) is 21.3 Å². The zero-order valence-electron chi connectivity index (χ0n) is 18.7. The second kappa shape index (κ2) is 9.49. The van der Waals surface area contributed by atoms with Crippen molar-refractivity contribution >= 4 is 16.7 Å². The maximum Gasteiger partial charge on any atom is 0.320 e. The second-order valence-corrected chi connectivity index (χ2v) is 8.02. The molecule has 0 amide bonds. The van der Waals surface area contributed by atoms with E-state index >= 15 is 0 Å². The number of carboxylic acid groups (broad SMARTS) is 1. The number of ether oxygens (including phenoxy) is 3. The van der Waals surface area contributed by atoms with Gasteiger partial charge in [-0.25, -0.2) is 0 Å². The smallest absolute Gasteiger partial charge is 0.320 e. The van der Waals surface area contributed by atoms with Gasteiger partial charge in [0.1, 0.15) is 6.04 Å². The molecule has 1 fully saturated rings. The fraction of sp³-hybridized carbons (Fsp3) is 0.346. The van der Waals surface area contributed by atoms with Crippen LogP contribution < -0.4 is 14.2 Å². The highest BCUT2D eigenvalue weighted by atomic mass is 16.5. The lowest BCUT2D eigenvalue weighted by molar-refractivity contribution is -0.145. The number of likely N-dealkylation sites (tertiary alicyclic amines) is 1. The van der Waals surface area contributed by atoms with Crippen molar-refractivity contribution in [3.8, 4) is 17.2 Å². The van der Waals surface area contributed by atoms with Crippen molar-refractivity contribution in [2.75, 3.05) is 27.9 Å². The van der Waals surface area contributed by atoms with Crippen molar-refractivity contribution in [2.24, 2.45) is 0 Å². The molecule has 0 spiro atoms. The molecule has 0 radical (unpaired) electrons. The van der Waals surface area contributed by atoms with E-state index in [0.717, 1.165) is 34.7 Å². The quantitative estimate of drug-likeness (QED) is 0.570. The third kappa shape index (κ3) is 3.98. The second-order valence-electron chi connectivity index (χ2n) is 8.02. The molecule has 1 aliphatic rings. The minimum atomic E-state index is -0.789. The van der Waals surface area contributed by atoms with Gasteiger partial charge in [-0.15, -0.1) is 0 Å². The van der Waals surface area contributed by atoms with Crippen LogP contribution in [0.25, 0.3) is 10.8 Å². The summed E-state index contributed by atoms with van der Waals surface area (Å²) in [5.41, 5.74) is 1.97. The van der Waals surface area contributed by atoms with Gasteiger partial charge in [-0.3, -0.25) is 9.69 Å². The fourth-order valence-corrected chi connectivity index (χ4v) is 4.83. The van der Waals surface area contributed by atoms with Crippen LogP contribution in [0.2, 0.25) is 0 Å². The lowest BCUT2D eigenvalue weighted by Crippen LogP contribution is -2.46. The number of nitrogens with zero attached hydrogens (tertiary/aromatic N) is 1. The molecular formula is C26H29NO5. The molecule has 6 nitrogen and oxygen atoms in total. The number of carboxylic acids is 1. The van der Waals surface area contributed by atoms with E-state index in [0.29, 0.717) is 30.2 Å². The van der Waals surface area contributed by atoms with Gasteiger partial charge < -0.3 is 19.3 Å². The summed E-state index contributed by atoms with van der Waals surface area (Å²) in [5, 5.41) is 12.3. The van der Waals surface area contributed by atoms with Crippen molar-refractivity contribution in [3.05, 3.63) is 65.7 Å². The summed E-state index contributed by atoms with van der Waals surface area (Å²) >= 11 is 0. The summed E-state index contributed by atoms with van der Waals surface area (Å²) in [6, 6.07) is 17.4. The lowest BCUT2D eigenvalue weighted by atomic mass is 9.88. The van der Waals surface area contributed by atoms with Crippen LogP contribution in [-0.2, 0) is 4.79 Å². The molecule has 1 aliphatic heterocycles. The lowest BCUT2D eigenvalue weighted by Gasteiger charge is -2.40. The monoisotopic (exact) mass is 435 g/mol. The predicted molar refractivity (Wildman–Crippen MR) is 124 cm³/mol. The molecule has 0 saturated carbocycles. The standard InChI is InChI=1S/C26H29NO5/c1-30-22-15-18(16-23(31-2)25(22)32-3)24(27-14-7-6-13-21(27)26(28)29)20-12-8-10-17-9-4-5-11-19(17)20/h4-5,8-12,15-16,21,24H,6-7,13-14H2,1-3H3,(H,28,29). The number of hydrogen-bond donors (Lipinski definition) is 1. The largest absolute Gasteiger partial charge is 0.493 e. The Morgan fingerprint density at radius 1 is 0.969 bits per heavy atom. The zero-order valence-corrected chi connectivity index (χ0v) is 18.7. The molecule has 2 atom stereocenters. The minimum absolute atomic E-state index is 0.281. The Hall–Kier alpha value is -3.25. The molecule has 0 bridgehead atoms. The molecule has 1 heterocycles. The van der Waals surface area contributed by atoms with Crippen LogP contribution in [0.15, 0.2) is 54.6 Å². The summed E-state index contributed by atoms with van der Waals surface area (Å²) in [5.74, 6) is 0.832. The Labute approximate surface area is 188 Å². The number of benzene rings is 3. The number of hydrogen-bond acceptors (Lipinski definition) is 5. The number of carbonyl (C=O) groups is 1. The Balaban J connectivity index is 1.97. The number of piperidine rings is 1. The maximum atomic E-state index is 12.2. The van der Waals surface area contributed by atoms with Crippen LogP contribution in [0.1, 0.15) is 36.4 Å². The van der Waals surface area contributed by atoms with Crippen LogP contribution in [0, 0.1) is 0 Å². The highest BCUT2D eigenvalue weighted by Gasteiger charge is 2.36. The molecule has 1 N–H and O–H groups in total. The van der Waals surface area contributed by atoms with Crippen LogP contribution >= 0.6 is 0 Å². The van der Waals surface area contributed by atoms with Gasteiger partial charge in [0.2, 0.25) is 5.75 Å². The van der Waals surface area contributed by atoms with Crippen molar-refractivity contribution < 1.29 is 24.1 Å². The Morgan fingerprint density at radius 3 is 2.31 bits per heavy atom. The highest BCUT2D eigenvalue weighted by molar-refractivity contribution is 5.86. The van der Waals surface area contributed by atoms with Crippen molar-refractivity contribution in [1.82, 2.24) is 4.90 Å². The number of fused-ring (bicyclic) bond motifs is 1. The Morgan fingerprint density at radius 2 is 1.66 bits per heavy atom. The number of methoxy groups -OCH3 is 3. The summed E-state index contributed by atoms with van der Waals surface area (Å²) in [4.78, 5) is 14.3. The van der Waals surface area contributed by atoms with E-state index in [2.05, 4.69) is 29.2 Å². The molecular weight excluding hydrogens is 406 g/mol. The molecule has 0 aromatic heterocycles. The maximum absolute atomic E-state index is 12.2. The van der Waals surface area contributed by atoms with E-state index in [1.165, 1.54) is 0 Å². The normalized spacial score (nSPS) is 17.7. The van der Waals surface area contributed by atoms with Gasteiger partial charge in [-0.1, -0.05) is 48.9 Å². The average Bonchev–Trinajstić information content (AvgIpc) is 2.83. The molecule has 3 aromatic carbocycles. The van der Waals surface area contributed by atoms with Crippen molar-refractivity contribution in [3.63, 3.8) is 0 Å². The summed E-state index contributed by atoms with van der Waals surface area (Å²) in [6.07, 6.45) is 2.49. The molecule has 3 aromatic rings. The first kappa shape index (κ1) is 22.0. The first-order chi connectivity index (χ1) is 15.6. The molecule has 168 valence electrons. The van der Waals surface area contributed by atoms with E-state index in [1.807, 2.05) is 30.3 Å². The van der Waals surface area contributed by atoms with Crippen LogP contribution in [0.5, 0.6) is 17.2 Å². The molecule has 1 saturated heterocycles. The number of aliphatic carboxylic acids is 1. The minimum Gasteiger partial charge on any atom is -0.493 e. The van der Waals surface area contributed by atoms with Gasteiger partial charge in [-0.2, -0.15) is 0 Å². The third-order valence-corrected chi connectivity index (χ3v) is 6.28. The van der Waals surface area contributed by atoms with Crippen LogP contribution in [-0.4, -0.2) is 49.9 Å². The highest BCUT2D eigenvalue weighted by Crippen LogP contribution is 2.44. The summed E-state index contributed by atoms with van der Waals surface area (Å²) < 4.78 is 16.7.